The SMILES string of the molecule is CCCCC1(CC)CN(c2ccccc2)c2cc(Br)c(O/C=C(\F)C(=O)O)cc2S(=O)C1. The first-order valence-electron chi connectivity index (χ1n) is 10.6. The van der Waals surface area contributed by atoms with Gasteiger partial charge in [0.25, 0.3) is 0 Å². The van der Waals surface area contributed by atoms with Gasteiger partial charge in [-0.1, -0.05) is 44.9 Å². The maximum atomic E-state index is 13.6. The topological polar surface area (TPSA) is 66.8 Å². The van der Waals surface area contributed by atoms with Gasteiger partial charge in [0.05, 0.1) is 25.9 Å². The van der Waals surface area contributed by atoms with Crippen molar-refractivity contribution in [2.45, 2.75) is 44.4 Å². The Morgan fingerprint density at radius 2 is 2.03 bits per heavy atom. The molecular formula is C24H27BrFNO4S. The van der Waals surface area contributed by atoms with E-state index in [1.54, 1.807) is 6.07 Å². The molecule has 172 valence electrons. The van der Waals surface area contributed by atoms with Gasteiger partial charge in [0, 0.05) is 24.1 Å². The number of carbonyl (C=O) groups is 1. The molecule has 2 atom stereocenters. The van der Waals surface area contributed by atoms with Crippen molar-refractivity contribution in [3.8, 4) is 5.75 Å². The van der Waals surface area contributed by atoms with Gasteiger partial charge < -0.3 is 14.7 Å². The third kappa shape index (κ3) is 5.41. The first-order chi connectivity index (χ1) is 15.3. The van der Waals surface area contributed by atoms with Crippen molar-refractivity contribution in [1.29, 1.82) is 0 Å². The number of hydrogen-bond donors (Lipinski definition) is 1. The standard InChI is InChI=1S/C24H27BrFNO4S/c1-3-5-11-24(4-2)15-27(17-9-7-6-8-10-17)20-12-18(25)21(13-22(20)32(30)16-24)31-14-19(26)23(28)29/h6-10,12-14H,3-5,11,15-16H2,1-2H3,(H,28,29)/b19-14-. The maximum absolute atomic E-state index is 13.6. The molecule has 0 aromatic heterocycles. The number of ether oxygens (including phenoxy) is 1. The molecule has 8 heteroatoms. The number of anilines is 2. The Kier molecular flexibility index (Phi) is 8.11. The molecular weight excluding hydrogens is 497 g/mol. The zero-order valence-corrected chi connectivity index (χ0v) is 20.5. The highest BCUT2D eigenvalue weighted by Crippen LogP contribution is 2.45. The van der Waals surface area contributed by atoms with E-state index < -0.39 is 22.6 Å². The van der Waals surface area contributed by atoms with Gasteiger partial charge in [0.1, 0.15) is 12.0 Å². The molecule has 0 bridgehead atoms. The van der Waals surface area contributed by atoms with E-state index in [4.69, 9.17) is 9.84 Å². The molecule has 2 unspecified atom stereocenters. The van der Waals surface area contributed by atoms with Crippen molar-refractivity contribution in [3.63, 3.8) is 0 Å². The highest BCUT2D eigenvalue weighted by atomic mass is 79.9. The summed E-state index contributed by atoms with van der Waals surface area (Å²) in [5.74, 6) is -2.40. The van der Waals surface area contributed by atoms with E-state index in [1.807, 2.05) is 36.4 Å². The molecule has 0 saturated carbocycles. The summed E-state index contributed by atoms with van der Waals surface area (Å²) in [6, 6.07) is 13.4. The number of hydrogen-bond acceptors (Lipinski definition) is 4. The van der Waals surface area contributed by atoms with Crippen LogP contribution in [0.15, 0.2) is 63.9 Å². The molecule has 0 radical (unpaired) electrons. The van der Waals surface area contributed by atoms with Crippen LogP contribution in [0.25, 0.3) is 0 Å². The number of benzene rings is 2. The van der Waals surface area contributed by atoms with Crippen molar-refractivity contribution >= 4 is 44.1 Å². The highest BCUT2D eigenvalue weighted by Gasteiger charge is 2.38. The van der Waals surface area contributed by atoms with Crippen molar-refractivity contribution in [2.75, 3.05) is 17.2 Å². The van der Waals surface area contributed by atoms with E-state index in [9.17, 15) is 13.4 Å². The second-order valence-corrected chi connectivity index (χ2v) is 10.3. The van der Waals surface area contributed by atoms with Crippen molar-refractivity contribution in [3.05, 3.63) is 59.0 Å². The summed E-state index contributed by atoms with van der Waals surface area (Å²) in [5.41, 5.74) is 1.67. The number of aliphatic carboxylic acids is 1. The molecule has 2 aromatic rings. The number of para-hydroxylation sites is 1. The van der Waals surface area contributed by atoms with Crippen LogP contribution in [-0.4, -0.2) is 27.6 Å². The number of carboxylic acids is 1. The minimum atomic E-state index is -1.71. The minimum Gasteiger partial charge on any atom is -0.476 e. The Balaban J connectivity index is 2.12. The Hall–Kier alpha value is -2.19. The lowest BCUT2D eigenvalue weighted by Gasteiger charge is -2.36. The molecule has 0 fully saturated rings. The predicted octanol–water partition coefficient (Wildman–Crippen LogP) is 6.57. The van der Waals surface area contributed by atoms with Crippen LogP contribution in [0.3, 0.4) is 0 Å². The van der Waals surface area contributed by atoms with E-state index in [0.717, 1.165) is 43.6 Å². The van der Waals surface area contributed by atoms with E-state index in [0.29, 0.717) is 21.4 Å². The maximum Gasteiger partial charge on any atom is 0.368 e. The molecule has 3 rings (SSSR count). The van der Waals surface area contributed by atoms with Crippen LogP contribution in [0, 0.1) is 5.41 Å². The average molecular weight is 524 g/mol. The third-order valence-electron chi connectivity index (χ3n) is 5.85. The monoisotopic (exact) mass is 523 g/mol. The lowest BCUT2D eigenvalue weighted by molar-refractivity contribution is -0.134. The summed E-state index contributed by atoms with van der Waals surface area (Å²) < 4.78 is 32.8. The first-order valence-corrected chi connectivity index (χ1v) is 12.7. The van der Waals surface area contributed by atoms with Crippen LogP contribution in [0.5, 0.6) is 5.75 Å². The number of halogens is 2. The van der Waals surface area contributed by atoms with Gasteiger partial charge in [-0.05, 0) is 52.4 Å². The summed E-state index contributed by atoms with van der Waals surface area (Å²) >= 11 is 3.45. The third-order valence-corrected chi connectivity index (χ3v) is 8.16. The molecule has 2 aromatic carbocycles. The van der Waals surface area contributed by atoms with Crippen LogP contribution in [0.1, 0.15) is 39.5 Å². The lowest BCUT2D eigenvalue weighted by atomic mass is 9.81. The molecule has 0 saturated heterocycles. The van der Waals surface area contributed by atoms with Crippen LogP contribution in [-0.2, 0) is 15.6 Å². The van der Waals surface area contributed by atoms with Crippen molar-refractivity contribution in [2.24, 2.45) is 5.41 Å². The zero-order valence-electron chi connectivity index (χ0n) is 18.1. The molecule has 32 heavy (non-hydrogen) atoms. The number of fused-ring (bicyclic) bond motifs is 1. The van der Waals surface area contributed by atoms with E-state index >= 15 is 0 Å². The molecule has 0 spiro atoms. The van der Waals surface area contributed by atoms with Gasteiger partial charge in [-0.25, -0.2) is 4.79 Å². The quantitative estimate of drug-likeness (QED) is 0.313. The van der Waals surface area contributed by atoms with Gasteiger partial charge >= 0.3 is 5.97 Å². The van der Waals surface area contributed by atoms with E-state index in [1.165, 1.54) is 0 Å². The molecule has 1 aliphatic rings. The van der Waals surface area contributed by atoms with Crippen LogP contribution in [0.2, 0.25) is 0 Å². The predicted molar refractivity (Wildman–Crippen MR) is 129 cm³/mol. The van der Waals surface area contributed by atoms with Gasteiger partial charge in [0.2, 0.25) is 5.83 Å². The largest absolute Gasteiger partial charge is 0.476 e. The first kappa shape index (κ1) is 24.5. The van der Waals surface area contributed by atoms with E-state index in [-0.39, 0.29) is 11.2 Å². The number of rotatable bonds is 8. The Labute approximate surface area is 198 Å². The Morgan fingerprint density at radius 1 is 1.31 bits per heavy atom. The highest BCUT2D eigenvalue weighted by molar-refractivity contribution is 9.10. The van der Waals surface area contributed by atoms with Crippen LogP contribution < -0.4 is 9.64 Å². The lowest BCUT2D eigenvalue weighted by Crippen LogP contribution is -2.37. The fraction of sp³-hybridized carbons (Fsp3) is 0.375. The summed E-state index contributed by atoms with van der Waals surface area (Å²) in [7, 11) is -1.31. The molecule has 1 N–H and O–H groups in total. The Morgan fingerprint density at radius 3 is 2.66 bits per heavy atom. The van der Waals surface area contributed by atoms with E-state index in [2.05, 4.69) is 34.7 Å². The van der Waals surface area contributed by atoms with Crippen molar-refractivity contribution < 1.29 is 23.2 Å². The summed E-state index contributed by atoms with van der Waals surface area (Å²) in [4.78, 5) is 13.5. The summed E-state index contributed by atoms with van der Waals surface area (Å²) in [5, 5.41) is 8.73. The van der Waals surface area contributed by atoms with Gasteiger partial charge in [-0.3, -0.25) is 4.21 Å². The average Bonchev–Trinajstić information content (AvgIpc) is 2.91. The van der Waals surface area contributed by atoms with Gasteiger partial charge in [0.15, 0.2) is 0 Å². The number of carboxylic acid groups (broad SMARTS) is 1. The van der Waals surface area contributed by atoms with Crippen LogP contribution >= 0.6 is 15.9 Å². The fourth-order valence-corrected chi connectivity index (χ4v) is 6.14. The molecule has 1 aliphatic heterocycles. The fourth-order valence-electron chi connectivity index (χ4n) is 3.93. The second-order valence-electron chi connectivity index (χ2n) is 8.01. The minimum absolute atomic E-state index is 0.126. The zero-order chi connectivity index (χ0) is 23.3. The second kappa shape index (κ2) is 10.6. The molecule has 0 amide bonds. The normalized spacial score (nSPS) is 21.1. The number of unbranched alkanes of at least 4 members (excludes halogenated alkanes) is 1. The number of nitrogens with zero attached hydrogens (tertiary/aromatic N) is 1. The smallest absolute Gasteiger partial charge is 0.368 e. The van der Waals surface area contributed by atoms with Gasteiger partial charge in [-0.15, -0.1) is 0 Å². The van der Waals surface area contributed by atoms with Crippen molar-refractivity contribution in [1.82, 2.24) is 0 Å². The Bertz CT molecular complexity index is 1030. The molecule has 5 nitrogen and oxygen atoms in total. The molecule has 0 aliphatic carbocycles. The summed E-state index contributed by atoms with van der Waals surface area (Å²) in [6.45, 7) is 5.04. The van der Waals surface area contributed by atoms with Crippen LogP contribution in [0.4, 0.5) is 15.8 Å². The molecule has 1 heterocycles. The summed E-state index contributed by atoms with van der Waals surface area (Å²) in [6.07, 6.45) is 4.54. The van der Waals surface area contributed by atoms with Gasteiger partial charge in [-0.2, -0.15) is 4.39 Å².